The minimum Gasteiger partial charge on any atom is -0.394 e. The number of aliphatic hydroxyl groups is 6. The first kappa shape index (κ1) is 34.2. The van der Waals surface area contributed by atoms with Gasteiger partial charge in [0, 0.05) is 18.6 Å². The number of ether oxygens (including phenoxy) is 6. The van der Waals surface area contributed by atoms with Crippen LogP contribution in [0.1, 0.15) is 12.8 Å². The summed E-state index contributed by atoms with van der Waals surface area (Å²) in [5, 5.41) is 65.1. The standard InChI is InChI=1S/C24H48N6O12/c1-30-14-17(35)20-11(38-23(14)42-24-18(36)16(34)13(29)12(5-31)39-24)3-10(28)22(41-20)40-19-9(27)2-8(26)15(33)21(19)37-6-7(32)4-25/h7-24,30-36H,2-6,25-29H2,1H3/t7?,8-,9+,10-,11?,12-,13-,14+,15+,16+,17-,18-,19-,20?,21-,22+,23-,24-/m1/s1. The molecule has 1 saturated carbocycles. The largest absolute Gasteiger partial charge is 0.394 e. The molecule has 0 aromatic carbocycles. The normalized spacial score (nSPS) is 50.7. The predicted molar refractivity (Wildman–Crippen MR) is 142 cm³/mol. The Hall–Kier alpha value is -0.720. The summed E-state index contributed by atoms with van der Waals surface area (Å²) in [4.78, 5) is 0. The molecule has 18 atom stereocenters. The van der Waals surface area contributed by atoms with E-state index in [1.54, 1.807) is 7.05 Å². The molecule has 3 unspecified atom stereocenters. The van der Waals surface area contributed by atoms with Gasteiger partial charge in [0.2, 0.25) is 0 Å². The van der Waals surface area contributed by atoms with Gasteiger partial charge in [0.25, 0.3) is 0 Å². The monoisotopic (exact) mass is 612 g/mol. The average Bonchev–Trinajstić information content (AvgIpc) is 2.96. The second-order valence-electron chi connectivity index (χ2n) is 11.5. The quantitative estimate of drug-likeness (QED) is 0.109. The third-order valence-corrected chi connectivity index (χ3v) is 8.47. The van der Waals surface area contributed by atoms with Crippen molar-refractivity contribution in [2.24, 2.45) is 28.7 Å². The van der Waals surface area contributed by atoms with Gasteiger partial charge in [0.1, 0.15) is 42.7 Å². The van der Waals surface area contributed by atoms with E-state index in [1.807, 2.05) is 0 Å². The number of hydrogen-bond acceptors (Lipinski definition) is 18. The Morgan fingerprint density at radius 3 is 2.17 bits per heavy atom. The van der Waals surface area contributed by atoms with Crippen molar-refractivity contribution in [3.8, 4) is 0 Å². The van der Waals surface area contributed by atoms with Gasteiger partial charge >= 0.3 is 0 Å². The van der Waals surface area contributed by atoms with Crippen LogP contribution >= 0.6 is 0 Å². The van der Waals surface area contributed by atoms with E-state index in [2.05, 4.69) is 5.32 Å². The average molecular weight is 613 g/mol. The Morgan fingerprint density at radius 2 is 1.52 bits per heavy atom. The zero-order valence-electron chi connectivity index (χ0n) is 23.4. The number of nitrogens with two attached hydrogens (primary N) is 5. The summed E-state index contributed by atoms with van der Waals surface area (Å²) in [6, 6.07) is -4.08. The minimum atomic E-state index is -1.55. The molecular formula is C24H48N6O12. The SMILES string of the molecule is CN[C@@H]1[C@@H](O[C@H]2O[C@H](CO)[C@@H](N)[C@H](O)[C@H]2O)OC2C[C@@H](N)[C@@H](O[C@H]3[C@H](OCC(O)CN)[C@@H](O)[C@H](N)C[C@@H]3N)OC2[C@@H]1O. The van der Waals surface area contributed by atoms with Gasteiger partial charge in [-0.1, -0.05) is 0 Å². The molecule has 246 valence electrons. The number of rotatable bonds is 10. The second kappa shape index (κ2) is 14.6. The van der Waals surface area contributed by atoms with Crippen molar-refractivity contribution >= 4 is 0 Å². The summed E-state index contributed by atoms with van der Waals surface area (Å²) in [6.45, 7) is -0.751. The van der Waals surface area contributed by atoms with Crippen LogP contribution < -0.4 is 34.0 Å². The lowest BCUT2D eigenvalue weighted by Gasteiger charge is -2.51. The van der Waals surface area contributed by atoms with Gasteiger partial charge in [0.15, 0.2) is 18.9 Å². The molecule has 0 aromatic heterocycles. The molecule has 4 rings (SSSR count). The van der Waals surface area contributed by atoms with Crippen LogP contribution in [0.4, 0.5) is 0 Å². The highest BCUT2D eigenvalue weighted by molar-refractivity contribution is 5.02. The molecule has 17 N–H and O–H groups in total. The predicted octanol–water partition coefficient (Wildman–Crippen LogP) is -7.61. The lowest BCUT2D eigenvalue weighted by molar-refractivity contribution is -0.373. The number of aliphatic hydroxyl groups excluding tert-OH is 6. The molecule has 0 spiro atoms. The van der Waals surface area contributed by atoms with Crippen LogP contribution in [-0.4, -0.2) is 168 Å². The molecule has 4 aliphatic rings. The summed E-state index contributed by atoms with van der Waals surface area (Å²) in [6.07, 6.45) is -14.3. The van der Waals surface area contributed by atoms with Gasteiger partial charge in [-0.3, -0.25) is 0 Å². The number of fused-ring (bicyclic) bond motifs is 1. The highest BCUT2D eigenvalue weighted by Gasteiger charge is 2.54. The van der Waals surface area contributed by atoms with Crippen molar-refractivity contribution in [2.45, 2.75) is 123 Å². The Balaban J connectivity index is 1.44. The summed E-state index contributed by atoms with van der Waals surface area (Å²) < 4.78 is 35.5. The molecule has 3 heterocycles. The van der Waals surface area contributed by atoms with E-state index in [9.17, 15) is 30.6 Å². The van der Waals surface area contributed by atoms with Crippen LogP contribution in [0, 0.1) is 0 Å². The molecule has 1 aliphatic carbocycles. The zero-order chi connectivity index (χ0) is 30.9. The van der Waals surface area contributed by atoms with Crippen LogP contribution in [0.15, 0.2) is 0 Å². The summed E-state index contributed by atoms with van der Waals surface area (Å²) in [5.41, 5.74) is 30.1. The minimum absolute atomic E-state index is 0.0523. The molecular weight excluding hydrogens is 564 g/mol. The first-order valence-electron chi connectivity index (χ1n) is 14.2. The van der Waals surface area contributed by atoms with Crippen molar-refractivity contribution in [3.05, 3.63) is 0 Å². The first-order valence-corrected chi connectivity index (χ1v) is 14.2. The second-order valence-corrected chi connectivity index (χ2v) is 11.5. The molecule has 18 nitrogen and oxygen atoms in total. The Kier molecular flexibility index (Phi) is 11.9. The topological polar surface area (TPSA) is 319 Å². The summed E-state index contributed by atoms with van der Waals surface area (Å²) >= 11 is 0. The van der Waals surface area contributed by atoms with Crippen LogP contribution in [0.3, 0.4) is 0 Å². The fourth-order valence-electron chi connectivity index (χ4n) is 5.92. The van der Waals surface area contributed by atoms with Crippen molar-refractivity contribution in [1.82, 2.24) is 5.32 Å². The molecule has 4 fully saturated rings. The Labute approximate surface area is 243 Å². The van der Waals surface area contributed by atoms with E-state index in [0.29, 0.717) is 0 Å². The Morgan fingerprint density at radius 1 is 0.810 bits per heavy atom. The first-order chi connectivity index (χ1) is 19.9. The van der Waals surface area contributed by atoms with Crippen LogP contribution in [0.25, 0.3) is 0 Å². The van der Waals surface area contributed by atoms with Crippen LogP contribution in [0.2, 0.25) is 0 Å². The lowest BCUT2D eigenvalue weighted by atomic mass is 9.84. The fourth-order valence-corrected chi connectivity index (χ4v) is 5.92. The molecule has 0 aromatic rings. The maximum absolute atomic E-state index is 11.3. The molecule has 18 heteroatoms. The highest BCUT2D eigenvalue weighted by atomic mass is 16.8. The van der Waals surface area contributed by atoms with E-state index in [1.165, 1.54) is 0 Å². The summed E-state index contributed by atoms with van der Waals surface area (Å²) in [5.74, 6) is 0. The lowest BCUT2D eigenvalue weighted by Crippen LogP contribution is -2.70. The van der Waals surface area contributed by atoms with Crippen molar-refractivity contribution in [3.63, 3.8) is 0 Å². The van der Waals surface area contributed by atoms with Gasteiger partial charge in [-0.05, 0) is 19.9 Å². The van der Waals surface area contributed by atoms with Crippen LogP contribution in [0.5, 0.6) is 0 Å². The van der Waals surface area contributed by atoms with E-state index in [0.717, 1.165) is 0 Å². The van der Waals surface area contributed by atoms with E-state index in [-0.39, 0.29) is 26.0 Å². The third kappa shape index (κ3) is 7.06. The van der Waals surface area contributed by atoms with Crippen LogP contribution in [-0.2, 0) is 28.4 Å². The molecule has 0 amide bonds. The van der Waals surface area contributed by atoms with Gasteiger partial charge in [-0.15, -0.1) is 0 Å². The molecule has 0 bridgehead atoms. The van der Waals surface area contributed by atoms with E-state index >= 15 is 0 Å². The van der Waals surface area contributed by atoms with Crippen molar-refractivity contribution in [2.75, 3.05) is 26.8 Å². The van der Waals surface area contributed by atoms with E-state index in [4.69, 9.17) is 57.1 Å². The smallest absolute Gasteiger partial charge is 0.189 e. The summed E-state index contributed by atoms with van der Waals surface area (Å²) in [7, 11) is 1.55. The molecule has 0 radical (unpaired) electrons. The van der Waals surface area contributed by atoms with Gasteiger partial charge < -0.3 is 93.0 Å². The van der Waals surface area contributed by atoms with Crippen molar-refractivity contribution < 1.29 is 59.1 Å². The Bertz CT molecular complexity index is 852. The zero-order valence-corrected chi connectivity index (χ0v) is 23.4. The number of likely N-dealkylation sites (N-methyl/N-ethyl adjacent to an activating group) is 1. The maximum atomic E-state index is 11.3. The van der Waals surface area contributed by atoms with Gasteiger partial charge in [-0.25, -0.2) is 0 Å². The fraction of sp³-hybridized carbons (Fsp3) is 1.00. The van der Waals surface area contributed by atoms with Gasteiger partial charge in [-0.2, -0.15) is 0 Å². The number of hydrogen-bond donors (Lipinski definition) is 12. The molecule has 42 heavy (non-hydrogen) atoms. The van der Waals surface area contributed by atoms with E-state index < -0.39 is 117 Å². The third-order valence-electron chi connectivity index (χ3n) is 8.47. The molecule has 3 aliphatic heterocycles. The van der Waals surface area contributed by atoms with Gasteiger partial charge in [0.05, 0.1) is 49.7 Å². The maximum Gasteiger partial charge on any atom is 0.189 e. The van der Waals surface area contributed by atoms with Crippen molar-refractivity contribution in [1.29, 1.82) is 0 Å². The number of nitrogens with one attached hydrogen (secondary N) is 1. The highest BCUT2D eigenvalue weighted by Crippen LogP contribution is 2.35. The molecule has 3 saturated heterocycles.